The molecule has 5 nitrogen and oxygen atoms in total. The summed E-state index contributed by atoms with van der Waals surface area (Å²) < 4.78 is 4.91. The third-order valence-electron chi connectivity index (χ3n) is 3.34. The molecule has 3 N–H and O–H groups in total. The van der Waals surface area contributed by atoms with E-state index in [1.165, 1.54) is 5.56 Å². The molecule has 0 saturated heterocycles. The molecule has 0 radical (unpaired) electrons. The van der Waals surface area contributed by atoms with Crippen LogP contribution in [0.4, 0.5) is 0 Å². The first-order valence-electron chi connectivity index (χ1n) is 6.83. The summed E-state index contributed by atoms with van der Waals surface area (Å²) in [6, 6.07) is 7.96. The zero-order valence-electron chi connectivity index (χ0n) is 12.6. The number of likely N-dealkylation sites (N-methyl/N-ethyl adjacent to an activating group) is 1. The highest BCUT2D eigenvalue weighted by Crippen LogP contribution is 2.08. The molecule has 0 bridgehead atoms. The molecule has 1 amide bonds. The molecule has 1 unspecified atom stereocenters. The first-order valence-corrected chi connectivity index (χ1v) is 6.83. The van der Waals surface area contributed by atoms with E-state index in [0.717, 1.165) is 12.1 Å². The minimum Gasteiger partial charge on any atom is -0.383 e. The van der Waals surface area contributed by atoms with E-state index in [0.29, 0.717) is 19.7 Å². The van der Waals surface area contributed by atoms with E-state index in [-0.39, 0.29) is 11.9 Å². The number of carbonyl (C=O) groups excluding carboxylic acids is 1. The van der Waals surface area contributed by atoms with Gasteiger partial charge in [-0.25, -0.2) is 0 Å². The van der Waals surface area contributed by atoms with Gasteiger partial charge < -0.3 is 15.8 Å². The van der Waals surface area contributed by atoms with E-state index in [4.69, 9.17) is 10.5 Å². The van der Waals surface area contributed by atoms with Gasteiger partial charge in [-0.3, -0.25) is 9.69 Å². The van der Waals surface area contributed by atoms with Crippen LogP contribution in [-0.4, -0.2) is 44.2 Å². The lowest BCUT2D eigenvalue weighted by Crippen LogP contribution is -2.43. The maximum atomic E-state index is 11.9. The molecule has 112 valence electrons. The quantitative estimate of drug-likeness (QED) is 0.688. The van der Waals surface area contributed by atoms with Gasteiger partial charge in [0, 0.05) is 26.7 Å². The Labute approximate surface area is 121 Å². The van der Waals surface area contributed by atoms with Gasteiger partial charge in [0.2, 0.25) is 5.91 Å². The van der Waals surface area contributed by atoms with Crippen LogP contribution >= 0.6 is 0 Å². The number of hydrogen-bond acceptors (Lipinski definition) is 4. The summed E-state index contributed by atoms with van der Waals surface area (Å²) >= 11 is 0. The maximum Gasteiger partial charge on any atom is 0.237 e. The molecule has 1 rings (SSSR count). The summed E-state index contributed by atoms with van der Waals surface area (Å²) in [5, 5.41) is 2.85. The van der Waals surface area contributed by atoms with Crippen LogP contribution in [0.5, 0.6) is 0 Å². The van der Waals surface area contributed by atoms with Crippen LogP contribution in [0, 0.1) is 0 Å². The lowest BCUT2D eigenvalue weighted by Gasteiger charge is -2.24. The molecule has 5 heteroatoms. The number of amides is 1. The molecular weight excluding hydrogens is 254 g/mol. The molecule has 0 aliphatic heterocycles. The third kappa shape index (κ3) is 5.28. The number of benzene rings is 1. The van der Waals surface area contributed by atoms with Crippen LogP contribution in [0.1, 0.15) is 18.1 Å². The van der Waals surface area contributed by atoms with Crippen LogP contribution in [-0.2, 0) is 22.6 Å². The van der Waals surface area contributed by atoms with E-state index < -0.39 is 0 Å². The number of hydrogen-bond donors (Lipinski definition) is 2. The Kier molecular flexibility index (Phi) is 7.22. The Morgan fingerprint density at radius 3 is 2.50 bits per heavy atom. The highest BCUT2D eigenvalue weighted by atomic mass is 16.5. The van der Waals surface area contributed by atoms with Crippen molar-refractivity contribution in [2.75, 3.05) is 27.3 Å². The molecule has 0 saturated carbocycles. The van der Waals surface area contributed by atoms with Crippen molar-refractivity contribution in [3.05, 3.63) is 35.4 Å². The Balaban J connectivity index is 2.47. The molecule has 0 aliphatic carbocycles. The highest BCUT2D eigenvalue weighted by molar-refractivity contribution is 5.81. The molecule has 0 aromatic heterocycles. The molecule has 0 heterocycles. The Bertz CT molecular complexity index is 406. The SMILES string of the molecule is COCCNC(=O)C(C)N(C)Cc1ccc(CN)cc1. The summed E-state index contributed by atoms with van der Waals surface area (Å²) in [4.78, 5) is 13.9. The third-order valence-corrected chi connectivity index (χ3v) is 3.34. The summed E-state index contributed by atoms with van der Waals surface area (Å²) in [5.41, 5.74) is 7.85. The zero-order valence-corrected chi connectivity index (χ0v) is 12.6. The van der Waals surface area contributed by atoms with Gasteiger partial charge in [0.15, 0.2) is 0 Å². The second-order valence-electron chi connectivity index (χ2n) is 4.90. The fraction of sp³-hybridized carbons (Fsp3) is 0.533. The lowest BCUT2D eigenvalue weighted by atomic mass is 10.1. The van der Waals surface area contributed by atoms with Crippen molar-refractivity contribution in [3.63, 3.8) is 0 Å². The van der Waals surface area contributed by atoms with Crippen molar-refractivity contribution in [3.8, 4) is 0 Å². The second-order valence-corrected chi connectivity index (χ2v) is 4.90. The molecule has 0 aliphatic rings. The van der Waals surface area contributed by atoms with Crippen LogP contribution in [0.25, 0.3) is 0 Å². The standard InChI is InChI=1S/C15H25N3O2/c1-12(15(19)17-8-9-20-3)18(2)11-14-6-4-13(10-16)5-7-14/h4-7,12H,8-11,16H2,1-3H3,(H,17,19). The van der Waals surface area contributed by atoms with Crippen LogP contribution in [0.15, 0.2) is 24.3 Å². The predicted octanol–water partition coefficient (Wildman–Crippen LogP) is 0.728. The van der Waals surface area contributed by atoms with Gasteiger partial charge in [-0.05, 0) is 25.1 Å². The number of carbonyl (C=O) groups is 1. The topological polar surface area (TPSA) is 67.6 Å². The van der Waals surface area contributed by atoms with Crippen molar-refractivity contribution in [2.24, 2.45) is 5.73 Å². The minimum atomic E-state index is -0.180. The second kappa shape index (κ2) is 8.68. The fourth-order valence-electron chi connectivity index (χ4n) is 1.83. The number of nitrogens with zero attached hydrogens (tertiary/aromatic N) is 1. The molecule has 1 aromatic carbocycles. The van der Waals surface area contributed by atoms with Gasteiger partial charge in [-0.1, -0.05) is 24.3 Å². The van der Waals surface area contributed by atoms with Crippen molar-refractivity contribution < 1.29 is 9.53 Å². The molecule has 0 fully saturated rings. The van der Waals surface area contributed by atoms with E-state index in [9.17, 15) is 4.79 Å². The summed E-state index contributed by atoms with van der Waals surface area (Å²) in [5.74, 6) is 0.0168. The maximum absolute atomic E-state index is 11.9. The summed E-state index contributed by atoms with van der Waals surface area (Å²) in [7, 11) is 3.56. The first kappa shape index (κ1) is 16.6. The average molecular weight is 279 g/mol. The number of nitrogens with one attached hydrogen (secondary N) is 1. The molecular formula is C15H25N3O2. The smallest absolute Gasteiger partial charge is 0.237 e. The van der Waals surface area contributed by atoms with Crippen molar-refractivity contribution >= 4 is 5.91 Å². The largest absolute Gasteiger partial charge is 0.383 e. The normalized spacial score (nSPS) is 12.4. The van der Waals surface area contributed by atoms with Gasteiger partial charge in [0.05, 0.1) is 12.6 Å². The lowest BCUT2D eigenvalue weighted by molar-refractivity contribution is -0.125. The predicted molar refractivity (Wildman–Crippen MR) is 80.1 cm³/mol. The van der Waals surface area contributed by atoms with Gasteiger partial charge in [-0.15, -0.1) is 0 Å². The Hall–Kier alpha value is -1.43. The monoisotopic (exact) mass is 279 g/mol. The van der Waals surface area contributed by atoms with Crippen LogP contribution in [0.2, 0.25) is 0 Å². The van der Waals surface area contributed by atoms with Crippen molar-refractivity contribution in [1.82, 2.24) is 10.2 Å². The summed E-state index contributed by atoms with van der Waals surface area (Å²) in [6.07, 6.45) is 0. The average Bonchev–Trinajstić information content (AvgIpc) is 2.47. The minimum absolute atomic E-state index is 0.0168. The van der Waals surface area contributed by atoms with Gasteiger partial charge in [0.25, 0.3) is 0 Å². The van der Waals surface area contributed by atoms with E-state index in [1.807, 2.05) is 43.1 Å². The van der Waals surface area contributed by atoms with Crippen molar-refractivity contribution in [2.45, 2.75) is 26.1 Å². The number of rotatable bonds is 8. The van der Waals surface area contributed by atoms with Gasteiger partial charge in [-0.2, -0.15) is 0 Å². The molecule has 0 spiro atoms. The number of methoxy groups -OCH3 is 1. The zero-order chi connectivity index (χ0) is 15.0. The molecule has 20 heavy (non-hydrogen) atoms. The summed E-state index contributed by atoms with van der Waals surface area (Å²) in [6.45, 7) is 4.25. The van der Waals surface area contributed by atoms with Crippen LogP contribution in [0.3, 0.4) is 0 Å². The van der Waals surface area contributed by atoms with Crippen LogP contribution < -0.4 is 11.1 Å². The van der Waals surface area contributed by atoms with E-state index in [2.05, 4.69) is 5.32 Å². The Morgan fingerprint density at radius 2 is 1.95 bits per heavy atom. The molecule has 1 aromatic rings. The Morgan fingerprint density at radius 1 is 1.35 bits per heavy atom. The molecule has 1 atom stereocenters. The number of ether oxygens (including phenoxy) is 1. The van der Waals surface area contributed by atoms with E-state index >= 15 is 0 Å². The van der Waals surface area contributed by atoms with Gasteiger partial charge >= 0.3 is 0 Å². The highest BCUT2D eigenvalue weighted by Gasteiger charge is 2.17. The fourth-order valence-corrected chi connectivity index (χ4v) is 1.83. The van der Waals surface area contributed by atoms with Crippen molar-refractivity contribution in [1.29, 1.82) is 0 Å². The number of nitrogens with two attached hydrogens (primary N) is 1. The first-order chi connectivity index (χ1) is 9.58. The van der Waals surface area contributed by atoms with Gasteiger partial charge in [0.1, 0.15) is 0 Å². The van der Waals surface area contributed by atoms with E-state index in [1.54, 1.807) is 7.11 Å².